The molecule has 0 saturated carbocycles. The van der Waals surface area contributed by atoms with Gasteiger partial charge in [-0.1, -0.05) is 6.92 Å². The number of carbonyl (C=O) groups is 3. The van der Waals surface area contributed by atoms with Crippen LogP contribution < -0.4 is 5.32 Å². The van der Waals surface area contributed by atoms with E-state index >= 15 is 0 Å². The molecule has 0 atom stereocenters. The van der Waals surface area contributed by atoms with E-state index in [1.165, 1.54) is 28.4 Å². The molecule has 0 radical (unpaired) electrons. The lowest BCUT2D eigenvalue weighted by Gasteiger charge is -2.08. The number of aromatic nitrogens is 2. The molecular formula is C16H19N3O5S. The van der Waals surface area contributed by atoms with E-state index < -0.39 is 17.8 Å². The van der Waals surface area contributed by atoms with Crippen molar-refractivity contribution in [2.45, 2.75) is 33.7 Å². The van der Waals surface area contributed by atoms with E-state index in [4.69, 9.17) is 9.84 Å². The number of aryl methyl sites for hydroxylation is 1. The van der Waals surface area contributed by atoms with Gasteiger partial charge in [0, 0.05) is 11.1 Å². The Morgan fingerprint density at radius 3 is 2.64 bits per heavy atom. The minimum absolute atomic E-state index is 0.000231. The molecule has 134 valence electrons. The summed E-state index contributed by atoms with van der Waals surface area (Å²) < 4.78 is 6.31. The first kappa shape index (κ1) is 18.7. The number of thiophene rings is 1. The smallest absolute Gasteiger partial charge is 0.341 e. The lowest BCUT2D eigenvalue weighted by atomic mass is 10.1. The summed E-state index contributed by atoms with van der Waals surface area (Å²) in [6.07, 6.45) is 3.09. The maximum atomic E-state index is 12.2. The molecule has 2 aromatic rings. The molecule has 0 aliphatic rings. The third-order valence-electron chi connectivity index (χ3n) is 3.48. The zero-order chi connectivity index (χ0) is 18.6. The number of hydrogen-bond donors (Lipinski definition) is 2. The highest BCUT2D eigenvalue weighted by Crippen LogP contribution is 2.34. The van der Waals surface area contributed by atoms with Gasteiger partial charge in [-0.2, -0.15) is 5.10 Å². The molecule has 0 aromatic carbocycles. The third-order valence-corrected chi connectivity index (χ3v) is 4.54. The first-order chi connectivity index (χ1) is 11.9. The van der Waals surface area contributed by atoms with Gasteiger partial charge in [-0.05, 0) is 25.8 Å². The van der Waals surface area contributed by atoms with E-state index in [1.54, 1.807) is 6.92 Å². The summed E-state index contributed by atoms with van der Waals surface area (Å²) in [7, 11) is 0. The number of carboxylic acid groups (broad SMARTS) is 1. The van der Waals surface area contributed by atoms with E-state index in [0.29, 0.717) is 17.0 Å². The second kappa shape index (κ2) is 7.93. The van der Waals surface area contributed by atoms with E-state index in [0.717, 1.165) is 10.4 Å². The minimum Gasteiger partial charge on any atom is -0.478 e. The van der Waals surface area contributed by atoms with Gasteiger partial charge in [-0.25, -0.2) is 9.59 Å². The normalized spacial score (nSPS) is 10.5. The van der Waals surface area contributed by atoms with Crippen LogP contribution in [-0.4, -0.2) is 39.3 Å². The summed E-state index contributed by atoms with van der Waals surface area (Å²) in [6, 6.07) is 0. The summed E-state index contributed by atoms with van der Waals surface area (Å²) in [5, 5.41) is 15.8. The van der Waals surface area contributed by atoms with E-state index in [1.807, 2.05) is 13.8 Å². The lowest BCUT2D eigenvalue weighted by molar-refractivity contribution is -0.116. The summed E-state index contributed by atoms with van der Waals surface area (Å²) in [6.45, 7) is 5.62. The van der Waals surface area contributed by atoms with Crippen LogP contribution in [0.3, 0.4) is 0 Å². The van der Waals surface area contributed by atoms with Crippen LogP contribution >= 0.6 is 11.3 Å². The maximum Gasteiger partial charge on any atom is 0.341 e. The highest BCUT2D eigenvalue weighted by Gasteiger charge is 2.23. The Balaban J connectivity index is 2.19. The molecule has 8 nitrogen and oxygen atoms in total. The Kier molecular flexibility index (Phi) is 5.92. The lowest BCUT2D eigenvalue weighted by Crippen LogP contribution is -2.20. The predicted octanol–water partition coefficient (Wildman–Crippen LogP) is 2.33. The molecule has 2 heterocycles. The van der Waals surface area contributed by atoms with Crippen molar-refractivity contribution in [1.29, 1.82) is 0 Å². The van der Waals surface area contributed by atoms with Gasteiger partial charge < -0.3 is 15.2 Å². The maximum absolute atomic E-state index is 12.2. The molecular weight excluding hydrogens is 346 g/mol. The fourth-order valence-corrected chi connectivity index (χ4v) is 3.53. The van der Waals surface area contributed by atoms with Gasteiger partial charge in [-0.3, -0.25) is 9.48 Å². The van der Waals surface area contributed by atoms with Gasteiger partial charge in [0.1, 0.15) is 11.5 Å². The van der Waals surface area contributed by atoms with Crippen LogP contribution in [0.15, 0.2) is 12.4 Å². The van der Waals surface area contributed by atoms with Crippen LogP contribution in [0.2, 0.25) is 0 Å². The summed E-state index contributed by atoms with van der Waals surface area (Å²) in [5.74, 6) is -1.99. The molecule has 0 bridgehead atoms. The molecule has 1 amide bonds. The van der Waals surface area contributed by atoms with Gasteiger partial charge in [-0.15, -0.1) is 11.3 Å². The van der Waals surface area contributed by atoms with Crippen LogP contribution in [0, 0.1) is 6.92 Å². The van der Waals surface area contributed by atoms with Crippen molar-refractivity contribution in [1.82, 2.24) is 9.78 Å². The Bertz CT molecular complexity index is 809. The summed E-state index contributed by atoms with van der Waals surface area (Å²) in [5.41, 5.74) is 1.23. The number of amides is 1. The Morgan fingerprint density at radius 1 is 1.36 bits per heavy atom. The Labute approximate surface area is 148 Å². The van der Waals surface area contributed by atoms with Crippen LogP contribution in [0.5, 0.6) is 0 Å². The number of carboxylic acids is 1. The SMILES string of the molecule is CCOC(=O)c1c(NC(=O)Cn2cc(C(=O)O)cn2)sc(C)c1CC. The molecule has 0 aliphatic carbocycles. The van der Waals surface area contributed by atoms with Gasteiger partial charge in [0.25, 0.3) is 0 Å². The molecule has 0 fully saturated rings. The Hall–Kier alpha value is -2.68. The number of nitrogens with zero attached hydrogens (tertiary/aromatic N) is 2. The van der Waals surface area contributed by atoms with Crippen molar-refractivity contribution in [3.8, 4) is 0 Å². The highest BCUT2D eigenvalue weighted by atomic mass is 32.1. The number of carbonyl (C=O) groups excluding carboxylic acids is 2. The van der Waals surface area contributed by atoms with E-state index in [2.05, 4.69) is 10.4 Å². The van der Waals surface area contributed by atoms with E-state index in [9.17, 15) is 14.4 Å². The second-order valence-electron chi connectivity index (χ2n) is 5.19. The average Bonchev–Trinajstić information content (AvgIpc) is 3.11. The molecule has 0 spiro atoms. The van der Waals surface area contributed by atoms with Gasteiger partial charge in [0.2, 0.25) is 5.91 Å². The Morgan fingerprint density at radius 2 is 2.08 bits per heavy atom. The molecule has 2 N–H and O–H groups in total. The summed E-state index contributed by atoms with van der Waals surface area (Å²) in [4.78, 5) is 36.2. The quantitative estimate of drug-likeness (QED) is 0.729. The van der Waals surface area contributed by atoms with Crippen LogP contribution in [0.4, 0.5) is 5.00 Å². The fraction of sp³-hybridized carbons (Fsp3) is 0.375. The number of anilines is 1. The van der Waals surface area contributed by atoms with Crippen molar-refractivity contribution >= 4 is 34.2 Å². The molecule has 9 heteroatoms. The largest absolute Gasteiger partial charge is 0.478 e. The van der Waals surface area contributed by atoms with Crippen molar-refractivity contribution in [2.75, 3.05) is 11.9 Å². The molecule has 2 rings (SSSR count). The number of aromatic carboxylic acids is 1. The molecule has 0 aliphatic heterocycles. The van der Waals surface area contributed by atoms with Crippen molar-refractivity contribution < 1.29 is 24.2 Å². The monoisotopic (exact) mass is 365 g/mol. The second-order valence-corrected chi connectivity index (χ2v) is 6.42. The van der Waals surface area contributed by atoms with Gasteiger partial charge in [0.15, 0.2) is 0 Å². The van der Waals surface area contributed by atoms with Gasteiger partial charge in [0.05, 0.1) is 23.9 Å². The molecule has 0 saturated heterocycles. The number of nitrogens with one attached hydrogen (secondary N) is 1. The van der Waals surface area contributed by atoms with Crippen LogP contribution in [-0.2, 0) is 22.5 Å². The van der Waals surface area contributed by atoms with Crippen LogP contribution in [0.25, 0.3) is 0 Å². The van der Waals surface area contributed by atoms with Crippen molar-refractivity contribution in [3.05, 3.63) is 34.0 Å². The standard InChI is InChI=1S/C16H19N3O5S/c1-4-11-9(3)25-14(13(11)16(23)24-5-2)18-12(20)8-19-7-10(6-17-19)15(21)22/h6-7H,4-5,8H2,1-3H3,(H,18,20)(H,21,22). The number of ether oxygens (including phenoxy) is 1. The summed E-state index contributed by atoms with van der Waals surface area (Å²) >= 11 is 1.31. The van der Waals surface area contributed by atoms with E-state index in [-0.39, 0.29) is 18.7 Å². The third kappa shape index (κ3) is 4.24. The van der Waals surface area contributed by atoms with Crippen molar-refractivity contribution in [2.24, 2.45) is 0 Å². The average molecular weight is 365 g/mol. The van der Waals surface area contributed by atoms with Crippen molar-refractivity contribution in [3.63, 3.8) is 0 Å². The van der Waals surface area contributed by atoms with Crippen LogP contribution in [0.1, 0.15) is 45.0 Å². The number of esters is 1. The molecule has 0 unspecified atom stereocenters. The number of rotatable bonds is 7. The molecule has 25 heavy (non-hydrogen) atoms. The molecule has 2 aromatic heterocycles. The first-order valence-electron chi connectivity index (χ1n) is 7.72. The fourth-order valence-electron chi connectivity index (χ4n) is 2.39. The zero-order valence-electron chi connectivity index (χ0n) is 14.2. The first-order valence-corrected chi connectivity index (χ1v) is 8.53. The minimum atomic E-state index is -1.11. The highest BCUT2D eigenvalue weighted by molar-refractivity contribution is 7.16. The topological polar surface area (TPSA) is 111 Å². The predicted molar refractivity (Wildman–Crippen MR) is 92.2 cm³/mol. The number of hydrogen-bond acceptors (Lipinski definition) is 6. The zero-order valence-corrected chi connectivity index (χ0v) is 15.0. The van der Waals surface area contributed by atoms with Gasteiger partial charge >= 0.3 is 11.9 Å².